The first-order valence-corrected chi connectivity index (χ1v) is 12.5. The van der Waals surface area contributed by atoms with Gasteiger partial charge < -0.3 is 24.7 Å². The number of nitrogens with zero attached hydrogens (tertiary/aromatic N) is 2. The first kappa shape index (κ1) is 21.9. The van der Waals surface area contributed by atoms with Crippen LogP contribution in [0.3, 0.4) is 0 Å². The maximum Gasteiger partial charge on any atom is 0.222 e. The molecule has 2 aromatic rings. The van der Waals surface area contributed by atoms with E-state index in [1.165, 1.54) is 5.56 Å². The van der Waals surface area contributed by atoms with E-state index in [9.17, 15) is 15.0 Å². The van der Waals surface area contributed by atoms with Gasteiger partial charge in [0.05, 0.1) is 11.5 Å². The minimum absolute atomic E-state index is 0.0661. The molecule has 5 atom stereocenters. The maximum atomic E-state index is 13.4. The predicted molar refractivity (Wildman–Crippen MR) is 129 cm³/mol. The number of ether oxygens (including phenoxy) is 1. The number of hydrogen-bond donors (Lipinski definition) is 2. The highest BCUT2D eigenvalue weighted by molar-refractivity contribution is 5.77. The molecule has 2 aliphatic heterocycles. The van der Waals surface area contributed by atoms with Gasteiger partial charge in [0.15, 0.2) is 11.5 Å². The average Bonchev–Trinajstić information content (AvgIpc) is 3.16. The minimum atomic E-state index is -1.14. The van der Waals surface area contributed by atoms with Crippen molar-refractivity contribution in [1.29, 1.82) is 0 Å². The van der Waals surface area contributed by atoms with Gasteiger partial charge in [-0.15, -0.1) is 0 Å². The number of aryl methyl sites for hydroxylation is 2. The first-order valence-electron chi connectivity index (χ1n) is 12.5. The molecular weight excluding hydrogens is 428 g/mol. The molecule has 2 aliphatic carbocycles. The highest BCUT2D eigenvalue weighted by Crippen LogP contribution is 2.65. The van der Waals surface area contributed by atoms with Gasteiger partial charge in [-0.2, -0.15) is 0 Å². The summed E-state index contributed by atoms with van der Waals surface area (Å²) in [5, 5.41) is 23.4. The number of aliphatic hydroxyl groups is 1. The van der Waals surface area contributed by atoms with Crippen molar-refractivity contribution in [3.05, 3.63) is 58.7 Å². The van der Waals surface area contributed by atoms with Crippen molar-refractivity contribution in [2.24, 2.45) is 0 Å². The van der Waals surface area contributed by atoms with Gasteiger partial charge in [-0.1, -0.05) is 35.9 Å². The molecule has 2 aromatic carbocycles. The van der Waals surface area contributed by atoms with Crippen LogP contribution in [-0.2, 0) is 23.1 Å². The number of piperidine rings is 1. The molecule has 1 amide bonds. The summed E-state index contributed by atoms with van der Waals surface area (Å²) < 4.78 is 6.38. The van der Waals surface area contributed by atoms with Gasteiger partial charge in [0, 0.05) is 25.1 Å². The molecule has 1 saturated heterocycles. The number of likely N-dealkylation sites (tertiary alicyclic amines) is 1. The van der Waals surface area contributed by atoms with Crippen LogP contribution in [0.15, 0.2) is 36.4 Å². The molecule has 1 saturated carbocycles. The third-order valence-corrected chi connectivity index (χ3v) is 9.29. The van der Waals surface area contributed by atoms with Crippen LogP contribution in [0, 0.1) is 6.92 Å². The summed E-state index contributed by atoms with van der Waals surface area (Å²) in [6, 6.07) is 11.6. The summed E-state index contributed by atoms with van der Waals surface area (Å²) in [7, 11) is 3.94. The van der Waals surface area contributed by atoms with Crippen molar-refractivity contribution in [3.63, 3.8) is 0 Å². The van der Waals surface area contributed by atoms with Crippen LogP contribution in [0.5, 0.6) is 11.5 Å². The number of likely N-dealkylation sites (N-methyl/N-ethyl adjacent to an activating group) is 2. The van der Waals surface area contributed by atoms with Crippen LogP contribution in [0.4, 0.5) is 0 Å². The van der Waals surface area contributed by atoms with Gasteiger partial charge in [-0.05, 0) is 69.8 Å². The van der Waals surface area contributed by atoms with Crippen molar-refractivity contribution >= 4 is 5.91 Å². The molecule has 6 rings (SSSR count). The van der Waals surface area contributed by atoms with E-state index < -0.39 is 11.0 Å². The van der Waals surface area contributed by atoms with E-state index in [1.54, 1.807) is 6.07 Å². The third-order valence-electron chi connectivity index (χ3n) is 9.29. The molecule has 2 heterocycles. The van der Waals surface area contributed by atoms with Crippen LogP contribution >= 0.6 is 0 Å². The monoisotopic (exact) mass is 462 g/mol. The van der Waals surface area contributed by atoms with E-state index in [2.05, 4.69) is 37.1 Å². The Morgan fingerprint density at radius 1 is 1.26 bits per heavy atom. The zero-order valence-corrected chi connectivity index (χ0v) is 20.3. The highest BCUT2D eigenvalue weighted by atomic mass is 16.5. The lowest BCUT2D eigenvalue weighted by Gasteiger charge is -2.66. The molecule has 180 valence electrons. The summed E-state index contributed by atoms with van der Waals surface area (Å²) in [6.07, 6.45) is 3.82. The second-order valence-corrected chi connectivity index (χ2v) is 10.9. The molecule has 1 spiro atoms. The smallest absolute Gasteiger partial charge is 0.222 e. The number of phenolic OH excluding ortho intramolecular Hbond substituents is 1. The molecule has 4 aliphatic rings. The highest BCUT2D eigenvalue weighted by Gasteiger charge is 2.74. The molecule has 0 aromatic heterocycles. The summed E-state index contributed by atoms with van der Waals surface area (Å²) >= 11 is 0. The number of rotatable bonds is 4. The summed E-state index contributed by atoms with van der Waals surface area (Å²) in [5.41, 5.74) is 2.78. The van der Waals surface area contributed by atoms with Gasteiger partial charge in [0.2, 0.25) is 5.91 Å². The van der Waals surface area contributed by atoms with Gasteiger partial charge in [0.25, 0.3) is 0 Å². The minimum Gasteiger partial charge on any atom is -0.504 e. The van der Waals surface area contributed by atoms with Crippen molar-refractivity contribution in [1.82, 2.24) is 9.80 Å². The van der Waals surface area contributed by atoms with Crippen LogP contribution in [0.1, 0.15) is 47.9 Å². The molecule has 2 fully saturated rings. The Bertz CT molecular complexity index is 1170. The van der Waals surface area contributed by atoms with E-state index >= 15 is 0 Å². The number of amides is 1. The van der Waals surface area contributed by atoms with E-state index in [4.69, 9.17) is 4.74 Å². The molecule has 2 unspecified atom stereocenters. The van der Waals surface area contributed by atoms with Crippen molar-refractivity contribution in [2.75, 3.05) is 20.6 Å². The summed E-state index contributed by atoms with van der Waals surface area (Å²) in [5.74, 6) is 0.774. The number of phenols is 1. The molecular formula is C28H34N2O4. The Kier molecular flexibility index (Phi) is 4.81. The zero-order chi connectivity index (χ0) is 23.8. The second-order valence-electron chi connectivity index (χ2n) is 10.9. The topological polar surface area (TPSA) is 73.2 Å². The maximum absolute atomic E-state index is 13.4. The lowest BCUT2D eigenvalue weighted by molar-refractivity contribution is -0.214. The number of aromatic hydroxyl groups is 1. The van der Waals surface area contributed by atoms with Crippen LogP contribution < -0.4 is 4.74 Å². The van der Waals surface area contributed by atoms with E-state index in [0.29, 0.717) is 31.4 Å². The second kappa shape index (κ2) is 7.46. The van der Waals surface area contributed by atoms with Gasteiger partial charge >= 0.3 is 0 Å². The summed E-state index contributed by atoms with van der Waals surface area (Å²) in [6.45, 7) is 2.93. The average molecular weight is 463 g/mol. The lowest BCUT2D eigenvalue weighted by atomic mass is 9.47. The number of hydrogen-bond acceptors (Lipinski definition) is 5. The fourth-order valence-corrected chi connectivity index (χ4v) is 7.71. The number of carbonyl (C=O) groups is 1. The zero-order valence-electron chi connectivity index (χ0n) is 20.3. The van der Waals surface area contributed by atoms with E-state index in [0.717, 1.165) is 36.1 Å². The van der Waals surface area contributed by atoms with Crippen molar-refractivity contribution in [2.45, 2.75) is 74.7 Å². The van der Waals surface area contributed by atoms with Gasteiger partial charge in [0.1, 0.15) is 11.7 Å². The Hall–Kier alpha value is -2.57. The van der Waals surface area contributed by atoms with Crippen molar-refractivity contribution in [3.8, 4) is 11.5 Å². The normalized spacial score (nSPS) is 33.2. The molecule has 6 heteroatoms. The molecule has 34 heavy (non-hydrogen) atoms. The first-order chi connectivity index (χ1) is 16.3. The van der Waals surface area contributed by atoms with Gasteiger partial charge in [-0.3, -0.25) is 4.79 Å². The van der Waals surface area contributed by atoms with E-state index in [1.807, 2.05) is 24.1 Å². The van der Waals surface area contributed by atoms with Crippen LogP contribution in [-0.4, -0.2) is 70.3 Å². The van der Waals surface area contributed by atoms with Crippen LogP contribution in [0.25, 0.3) is 0 Å². The fourth-order valence-electron chi connectivity index (χ4n) is 7.71. The SMILES string of the molecule is Cc1cccc(CCC(=O)N(C)C2CCC3Oc4c(O)ccc5c4[C@@]34CCN(C)[C@H](C5)[C@]24O)c1. The molecule has 0 radical (unpaired) electrons. The number of carbonyl (C=O) groups excluding carboxylic acids is 1. The Balaban J connectivity index is 1.37. The molecule has 2 N–H and O–H groups in total. The Labute approximate surface area is 201 Å². The van der Waals surface area contributed by atoms with E-state index in [-0.39, 0.29) is 29.8 Å². The standard InChI is InChI=1S/C28H34N2O4/c1-17-5-4-6-18(15-17)7-12-24(32)30(3)21-10-11-23-27-13-14-29(2)22(28(21,27)33)16-19-8-9-20(31)26(34-23)25(19)27/h4-6,8-9,15,21-23,31,33H,7,10-14,16H2,1-3H3/t21?,22-,23?,27-,28-/m1/s1. The quantitative estimate of drug-likeness (QED) is 0.731. The predicted octanol–water partition coefficient (Wildman–Crippen LogP) is 2.94. The fraction of sp³-hybridized carbons (Fsp3) is 0.536. The largest absolute Gasteiger partial charge is 0.504 e. The lowest BCUT2D eigenvalue weighted by Crippen LogP contribution is -2.81. The Morgan fingerprint density at radius 2 is 2.09 bits per heavy atom. The third kappa shape index (κ3) is 2.73. The Morgan fingerprint density at radius 3 is 2.88 bits per heavy atom. The van der Waals surface area contributed by atoms with Crippen LogP contribution in [0.2, 0.25) is 0 Å². The number of benzene rings is 2. The van der Waals surface area contributed by atoms with Crippen molar-refractivity contribution < 1.29 is 19.7 Å². The molecule has 2 bridgehead atoms. The summed E-state index contributed by atoms with van der Waals surface area (Å²) in [4.78, 5) is 17.5. The van der Waals surface area contributed by atoms with Gasteiger partial charge in [-0.25, -0.2) is 0 Å². The molecule has 6 nitrogen and oxygen atoms in total.